The van der Waals surface area contributed by atoms with Crippen LogP contribution in [0.4, 0.5) is 0 Å². The normalized spacial score (nSPS) is 26.1. The number of hydrogen-bond donors (Lipinski definition) is 0. The van der Waals surface area contributed by atoms with Gasteiger partial charge in [-0.3, -0.25) is 0 Å². The molecule has 0 aromatic heterocycles. The zero-order chi connectivity index (χ0) is 20.5. The van der Waals surface area contributed by atoms with Crippen molar-refractivity contribution in [3.63, 3.8) is 0 Å². The van der Waals surface area contributed by atoms with Gasteiger partial charge in [-0.25, -0.2) is 20.0 Å². The van der Waals surface area contributed by atoms with E-state index in [0.717, 1.165) is 37.7 Å². The summed E-state index contributed by atoms with van der Waals surface area (Å²) in [5.41, 5.74) is 2.67. The summed E-state index contributed by atoms with van der Waals surface area (Å²) in [6, 6.07) is 17.3. The van der Waals surface area contributed by atoms with Crippen LogP contribution in [0.15, 0.2) is 48.5 Å². The molecule has 0 bridgehead atoms. The second kappa shape index (κ2) is 8.55. The maximum Gasteiger partial charge on any atom is 0.118 e. The predicted octanol–water partition coefficient (Wildman–Crippen LogP) is 4.04. The van der Waals surface area contributed by atoms with Crippen molar-refractivity contribution in [2.24, 2.45) is 0 Å². The molecule has 0 unspecified atom stereocenters. The first-order valence-electron chi connectivity index (χ1n) is 11.1. The minimum absolute atomic E-state index is 0.242. The topological polar surface area (TPSA) is 31.4 Å². The van der Waals surface area contributed by atoms with Gasteiger partial charge in [0.1, 0.15) is 23.8 Å². The van der Waals surface area contributed by atoms with Crippen molar-refractivity contribution in [1.29, 1.82) is 0 Å². The maximum atomic E-state index is 5.41. The molecule has 3 aliphatic heterocycles. The molecule has 0 amide bonds. The Bertz CT molecular complexity index is 746. The first-order chi connectivity index (χ1) is 14.8. The summed E-state index contributed by atoms with van der Waals surface area (Å²) < 4.78 is 10.8. The molecule has 30 heavy (non-hydrogen) atoms. The van der Waals surface area contributed by atoms with E-state index in [2.05, 4.69) is 68.6 Å². The van der Waals surface area contributed by atoms with Crippen molar-refractivity contribution in [2.45, 2.75) is 38.0 Å². The monoisotopic (exact) mass is 408 g/mol. The molecule has 0 radical (unpaired) electrons. The van der Waals surface area contributed by atoms with E-state index < -0.39 is 0 Å². The highest BCUT2D eigenvalue weighted by molar-refractivity contribution is 5.31. The third-order valence-corrected chi connectivity index (χ3v) is 6.67. The molecule has 3 fully saturated rings. The number of hydrogen-bond acceptors (Lipinski definition) is 6. The van der Waals surface area contributed by atoms with E-state index >= 15 is 0 Å². The van der Waals surface area contributed by atoms with E-state index in [-0.39, 0.29) is 12.3 Å². The molecule has 0 aliphatic carbocycles. The lowest BCUT2D eigenvalue weighted by Crippen LogP contribution is -2.68. The van der Waals surface area contributed by atoms with Gasteiger partial charge in [0.15, 0.2) is 0 Å². The van der Waals surface area contributed by atoms with E-state index in [1.54, 1.807) is 14.2 Å². The lowest BCUT2D eigenvalue weighted by Gasteiger charge is -2.61. The summed E-state index contributed by atoms with van der Waals surface area (Å²) in [5, 5.41) is 10.5. The summed E-state index contributed by atoms with van der Waals surface area (Å²) in [6.45, 7) is 4.36. The molecule has 0 spiro atoms. The van der Waals surface area contributed by atoms with Crippen molar-refractivity contribution in [3.05, 3.63) is 59.7 Å². The second-order valence-electron chi connectivity index (χ2n) is 8.36. The average molecular weight is 409 g/mol. The maximum absolute atomic E-state index is 5.41. The molecule has 3 heterocycles. The van der Waals surface area contributed by atoms with Gasteiger partial charge >= 0.3 is 0 Å². The van der Waals surface area contributed by atoms with Gasteiger partial charge in [-0.05, 0) is 61.1 Å². The number of methoxy groups -OCH3 is 2. The number of fused-ring (bicyclic) bond motifs is 2. The Morgan fingerprint density at radius 2 is 0.833 bits per heavy atom. The fraction of sp³-hybridized carbons (Fsp3) is 0.500. The van der Waals surface area contributed by atoms with Crippen LogP contribution < -0.4 is 9.47 Å². The van der Waals surface area contributed by atoms with Crippen LogP contribution in [-0.2, 0) is 0 Å². The van der Waals surface area contributed by atoms with Crippen molar-refractivity contribution < 1.29 is 9.47 Å². The Balaban J connectivity index is 1.54. The highest BCUT2D eigenvalue weighted by atomic mass is 16.5. The molecule has 6 heteroatoms. The van der Waals surface area contributed by atoms with Gasteiger partial charge in [-0.2, -0.15) is 0 Å². The van der Waals surface area contributed by atoms with E-state index in [1.165, 1.54) is 36.8 Å². The third-order valence-electron chi connectivity index (χ3n) is 6.67. The second-order valence-corrected chi connectivity index (χ2v) is 8.36. The van der Waals surface area contributed by atoms with Crippen LogP contribution in [-0.4, -0.2) is 60.4 Å². The molecule has 5 rings (SSSR count). The van der Waals surface area contributed by atoms with Crippen LogP contribution >= 0.6 is 0 Å². The molecule has 3 aliphatic rings. The van der Waals surface area contributed by atoms with Gasteiger partial charge in [-0.1, -0.05) is 24.3 Å². The molecule has 3 saturated heterocycles. The quantitative estimate of drug-likeness (QED) is 0.759. The first kappa shape index (κ1) is 19.8. The minimum Gasteiger partial charge on any atom is -0.497 e. The highest BCUT2D eigenvalue weighted by Crippen LogP contribution is 2.44. The number of hydrazine groups is 2. The van der Waals surface area contributed by atoms with E-state index in [9.17, 15) is 0 Å². The number of rotatable bonds is 4. The fourth-order valence-electron chi connectivity index (χ4n) is 5.21. The highest BCUT2D eigenvalue weighted by Gasteiger charge is 2.47. The lowest BCUT2D eigenvalue weighted by molar-refractivity contribution is -0.320. The summed E-state index contributed by atoms with van der Waals surface area (Å²) in [6.07, 6.45) is 5.45. The molecule has 6 nitrogen and oxygen atoms in total. The Morgan fingerprint density at radius 1 is 0.533 bits per heavy atom. The zero-order valence-electron chi connectivity index (χ0n) is 18.0. The number of nitrogens with zero attached hydrogens (tertiary/aromatic N) is 4. The molecule has 160 valence electrons. The third kappa shape index (κ3) is 3.48. The molecule has 2 aromatic rings. The van der Waals surface area contributed by atoms with Crippen LogP contribution in [0.5, 0.6) is 11.5 Å². The minimum atomic E-state index is 0.242. The fourth-order valence-corrected chi connectivity index (χ4v) is 5.21. The Kier molecular flexibility index (Phi) is 5.65. The summed E-state index contributed by atoms with van der Waals surface area (Å²) in [5.74, 6) is 1.83. The smallest absolute Gasteiger partial charge is 0.118 e. The summed E-state index contributed by atoms with van der Waals surface area (Å²) >= 11 is 0. The molecule has 0 N–H and O–H groups in total. The molecule has 0 saturated carbocycles. The van der Waals surface area contributed by atoms with E-state index in [4.69, 9.17) is 9.47 Å². The lowest BCUT2D eigenvalue weighted by atomic mass is 10.0. The van der Waals surface area contributed by atoms with Crippen molar-refractivity contribution in [1.82, 2.24) is 20.0 Å². The largest absolute Gasteiger partial charge is 0.497 e. The molecular weight excluding hydrogens is 376 g/mol. The summed E-state index contributed by atoms with van der Waals surface area (Å²) in [7, 11) is 3.46. The van der Waals surface area contributed by atoms with Gasteiger partial charge < -0.3 is 9.47 Å². The molecular formula is C24H32N4O2. The van der Waals surface area contributed by atoms with Crippen molar-refractivity contribution >= 4 is 0 Å². The molecule has 0 atom stereocenters. The predicted molar refractivity (Wildman–Crippen MR) is 117 cm³/mol. The average Bonchev–Trinajstić information content (AvgIpc) is 2.82. The zero-order valence-corrected chi connectivity index (χ0v) is 18.0. The van der Waals surface area contributed by atoms with Crippen LogP contribution in [0.1, 0.15) is 49.1 Å². The van der Waals surface area contributed by atoms with Gasteiger partial charge in [-0.15, -0.1) is 0 Å². The van der Waals surface area contributed by atoms with Crippen LogP contribution in [0.25, 0.3) is 0 Å². The van der Waals surface area contributed by atoms with Crippen LogP contribution in [0, 0.1) is 0 Å². The Hall–Kier alpha value is -2.12. The van der Waals surface area contributed by atoms with Crippen LogP contribution in [0.2, 0.25) is 0 Å². The molecule has 2 aromatic carbocycles. The number of ether oxygens (including phenoxy) is 2. The standard InChI is InChI=1S/C24H32N4O2/c1-29-21-11-7-19(8-12-21)23-25-15-3-5-17-27(25)24(28-18-6-4-16-26(23)28)20-9-13-22(30-2)14-10-20/h7-14,23-24H,3-6,15-18H2,1-2H3. The van der Waals surface area contributed by atoms with Crippen molar-refractivity contribution in [2.75, 3.05) is 40.4 Å². The SMILES string of the molecule is COc1ccc(C2N3CCCCN3C(c3ccc(OC)cc3)N3CCCCN23)cc1. The van der Waals surface area contributed by atoms with Gasteiger partial charge in [0.2, 0.25) is 0 Å². The van der Waals surface area contributed by atoms with Gasteiger partial charge in [0.25, 0.3) is 0 Å². The van der Waals surface area contributed by atoms with Gasteiger partial charge in [0.05, 0.1) is 14.2 Å². The summed E-state index contributed by atoms with van der Waals surface area (Å²) in [4.78, 5) is 0. The first-order valence-corrected chi connectivity index (χ1v) is 11.1. The van der Waals surface area contributed by atoms with Gasteiger partial charge in [0, 0.05) is 26.2 Å². The van der Waals surface area contributed by atoms with E-state index in [0.29, 0.717) is 0 Å². The Morgan fingerprint density at radius 3 is 1.10 bits per heavy atom. The van der Waals surface area contributed by atoms with Crippen LogP contribution in [0.3, 0.4) is 0 Å². The van der Waals surface area contributed by atoms with Crippen molar-refractivity contribution in [3.8, 4) is 11.5 Å². The van der Waals surface area contributed by atoms with E-state index in [1.807, 2.05) is 0 Å². The Labute approximate surface area is 179 Å². The number of benzene rings is 2.